The van der Waals surface area contributed by atoms with Gasteiger partial charge in [0.15, 0.2) is 0 Å². The van der Waals surface area contributed by atoms with Crippen LogP contribution in [-0.2, 0) is 4.74 Å². The van der Waals surface area contributed by atoms with E-state index in [1.807, 2.05) is 30.3 Å². The Hall–Kier alpha value is -0.791. The molecule has 0 radical (unpaired) electrons. The maximum atomic E-state index is 11.6. The third-order valence-electron chi connectivity index (χ3n) is 2.66. The van der Waals surface area contributed by atoms with Crippen LogP contribution in [0.3, 0.4) is 0 Å². The van der Waals surface area contributed by atoms with Crippen molar-refractivity contribution < 1.29 is 9.53 Å². The van der Waals surface area contributed by atoms with E-state index in [1.54, 1.807) is 0 Å². The molecule has 100 valence electrons. The molecular formula is C15H22O2Se. The van der Waals surface area contributed by atoms with E-state index >= 15 is 0 Å². The van der Waals surface area contributed by atoms with Gasteiger partial charge in [-0.05, 0) is 0 Å². The molecule has 0 heterocycles. The van der Waals surface area contributed by atoms with Crippen LogP contribution in [0, 0.1) is 0 Å². The van der Waals surface area contributed by atoms with Crippen molar-refractivity contribution in [2.24, 2.45) is 0 Å². The number of hydrogen-bond acceptors (Lipinski definition) is 2. The quantitative estimate of drug-likeness (QED) is 0.515. The van der Waals surface area contributed by atoms with Gasteiger partial charge in [-0.15, -0.1) is 0 Å². The molecule has 0 unspecified atom stereocenters. The van der Waals surface area contributed by atoms with E-state index < -0.39 is 0 Å². The van der Waals surface area contributed by atoms with Crippen molar-refractivity contribution in [1.29, 1.82) is 0 Å². The molecule has 0 aliphatic rings. The minimum atomic E-state index is -0.191. The first kappa shape index (κ1) is 15.3. The zero-order chi connectivity index (χ0) is 13.1. The van der Waals surface area contributed by atoms with Crippen LogP contribution in [0.4, 0.5) is 4.79 Å². The van der Waals surface area contributed by atoms with Crippen LogP contribution in [0.25, 0.3) is 0 Å². The Morgan fingerprint density at radius 3 is 2.44 bits per heavy atom. The molecule has 1 rings (SSSR count). The molecule has 0 aliphatic carbocycles. The summed E-state index contributed by atoms with van der Waals surface area (Å²) in [5.74, 6) is 0. The molecular weight excluding hydrogens is 291 g/mol. The molecule has 18 heavy (non-hydrogen) atoms. The van der Waals surface area contributed by atoms with Gasteiger partial charge in [0, 0.05) is 0 Å². The second-order valence-electron chi connectivity index (χ2n) is 4.28. The first-order chi connectivity index (χ1) is 8.83. The van der Waals surface area contributed by atoms with Gasteiger partial charge in [0.05, 0.1) is 0 Å². The van der Waals surface area contributed by atoms with Crippen molar-refractivity contribution in [2.75, 3.05) is 6.61 Å². The predicted octanol–water partition coefficient (Wildman–Crippen LogP) is 3.51. The second-order valence-corrected chi connectivity index (χ2v) is 6.40. The Kier molecular flexibility index (Phi) is 8.62. The number of benzene rings is 1. The number of unbranched alkanes of at least 4 members (excludes halogenated alkanes) is 5. The molecule has 1 aromatic carbocycles. The van der Waals surface area contributed by atoms with Crippen LogP contribution < -0.4 is 4.46 Å². The molecule has 0 saturated carbocycles. The average molecular weight is 313 g/mol. The fourth-order valence-corrected chi connectivity index (χ4v) is 2.97. The summed E-state index contributed by atoms with van der Waals surface area (Å²) < 4.78 is 6.32. The first-order valence-electron chi connectivity index (χ1n) is 6.72. The Morgan fingerprint density at radius 1 is 1.06 bits per heavy atom. The Bertz CT molecular complexity index is 325. The number of carbonyl (C=O) groups is 1. The standard InChI is InChI=1S/C15H22O2Se/c1-2-3-4-5-6-10-13-17-15(16)18-14-11-8-7-9-12-14/h7-9,11-12H,2-6,10,13H2,1H3. The predicted molar refractivity (Wildman–Crippen MR) is 76.6 cm³/mol. The van der Waals surface area contributed by atoms with Gasteiger partial charge in [-0.2, -0.15) is 0 Å². The van der Waals surface area contributed by atoms with Gasteiger partial charge in [-0.1, -0.05) is 0 Å². The van der Waals surface area contributed by atoms with Gasteiger partial charge in [0.1, 0.15) is 0 Å². The summed E-state index contributed by atoms with van der Waals surface area (Å²) in [5, 5.41) is 0. The van der Waals surface area contributed by atoms with E-state index in [2.05, 4.69) is 6.92 Å². The van der Waals surface area contributed by atoms with Crippen molar-refractivity contribution in [3.05, 3.63) is 30.3 Å². The Morgan fingerprint density at radius 2 is 1.72 bits per heavy atom. The topological polar surface area (TPSA) is 26.3 Å². The molecule has 3 heteroatoms. The number of rotatable bonds is 9. The normalized spacial score (nSPS) is 10.3. The Balaban J connectivity index is 2.00. The van der Waals surface area contributed by atoms with Crippen LogP contribution in [0.5, 0.6) is 0 Å². The van der Waals surface area contributed by atoms with E-state index in [4.69, 9.17) is 4.74 Å². The summed E-state index contributed by atoms with van der Waals surface area (Å²) in [6, 6.07) is 9.83. The molecule has 0 atom stereocenters. The second kappa shape index (κ2) is 10.2. The van der Waals surface area contributed by atoms with E-state index in [9.17, 15) is 4.79 Å². The van der Waals surface area contributed by atoms with Gasteiger partial charge < -0.3 is 0 Å². The Labute approximate surface area is 116 Å². The van der Waals surface area contributed by atoms with Gasteiger partial charge in [0.2, 0.25) is 0 Å². The van der Waals surface area contributed by atoms with Crippen LogP contribution in [0.2, 0.25) is 0 Å². The van der Waals surface area contributed by atoms with Gasteiger partial charge >= 0.3 is 116 Å². The fraction of sp³-hybridized carbons (Fsp3) is 0.533. The SMILES string of the molecule is CCCCCCCCOC(=O)[Se]c1ccccc1. The number of carbonyl (C=O) groups excluding carboxylic acids is 1. The van der Waals surface area contributed by atoms with Crippen molar-refractivity contribution in [1.82, 2.24) is 0 Å². The summed E-state index contributed by atoms with van der Waals surface area (Å²) in [5.41, 5.74) is 0. The zero-order valence-electron chi connectivity index (χ0n) is 11.1. The molecule has 0 spiro atoms. The van der Waals surface area contributed by atoms with Gasteiger partial charge in [0.25, 0.3) is 0 Å². The fourth-order valence-electron chi connectivity index (χ4n) is 1.65. The molecule has 0 aromatic heterocycles. The summed E-state index contributed by atoms with van der Waals surface area (Å²) in [4.78, 5) is 11.5. The minimum absolute atomic E-state index is 0.0535. The number of ether oxygens (including phenoxy) is 1. The summed E-state index contributed by atoms with van der Waals surface area (Å²) >= 11 is -0.191. The molecule has 0 bridgehead atoms. The van der Waals surface area contributed by atoms with E-state index in [1.165, 1.54) is 32.1 Å². The van der Waals surface area contributed by atoms with E-state index in [-0.39, 0.29) is 19.8 Å². The molecule has 0 aliphatic heterocycles. The third kappa shape index (κ3) is 7.52. The van der Waals surface area contributed by atoms with Crippen LogP contribution in [0.1, 0.15) is 45.4 Å². The van der Waals surface area contributed by atoms with Crippen molar-refractivity contribution in [2.45, 2.75) is 45.4 Å². The third-order valence-corrected chi connectivity index (χ3v) is 4.32. The molecule has 1 aromatic rings. The first-order valence-corrected chi connectivity index (χ1v) is 8.44. The van der Waals surface area contributed by atoms with Gasteiger partial charge in [-0.25, -0.2) is 0 Å². The van der Waals surface area contributed by atoms with Crippen LogP contribution in [-0.4, -0.2) is 26.4 Å². The molecule has 0 amide bonds. The molecule has 0 saturated heterocycles. The maximum absolute atomic E-state index is 11.6. The van der Waals surface area contributed by atoms with Crippen LogP contribution >= 0.6 is 0 Å². The van der Waals surface area contributed by atoms with Crippen molar-refractivity contribution in [3.8, 4) is 0 Å². The van der Waals surface area contributed by atoms with Gasteiger partial charge in [-0.3, -0.25) is 0 Å². The average Bonchev–Trinajstić information content (AvgIpc) is 2.39. The van der Waals surface area contributed by atoms with E-state index in [0.717, 1.165) is 10.9 Å². The molecule has 0 N–H and O–H groups in total. The number of hydrogen-bond donors (Lipinski definition) is 0. The monoisotopic (exact) mass is 314 g/mol. The van der Waals surface area contributed by atoms with E-state index in [0.29, 0.717) is 6.61 Å². The zero-order valence-corrected chi connectivity index (χ0v) is 12.8. The summed E-state index contributed by atoms with van der Waals surface area (Å²) in [6.45, 7) is 2.80. The van der Waals surface area contributed by atoms with Crippen molar-refractivity contribution >= 4 is 24.3 Å². The van der Waals surface area contributed by atoms with Crippen molar-refractivity contribution in [3.63, 3.8) is 0 Å². The van der Waals surface area contributed by atoms with Crippen LogP contribution in [0.15, 0.2) is 30.3 Å². The molecule has 0 fully saturated rings. The summed E-state index contributed by atoms with van der Waals surface area (Å²) in [6.07, 6.45) is 7.32. The summed E-state index contributed by atoms with van der Waals surface area (Å²) in [7, 11) is 0. The molecule has 2 nitrogen and oxygen atoms in total.